The highest BCUT2D eigenvalue weighted by Gasteiger charge is 2.33. The predicted molar refractivity (Wildman–Crippen MR) is 96.7 cm³/mol. The molecule has 2 aromatic rings. The number of hydrogen-bond donors (Lipinski definition) is 0. The highest BCUT2D eigenvalue weighted by Crippen LogP contribution is 2.26. The van der Waals surface area contributed by atoms with E-state index in [1.54, 1.807) is 37.1 Å². The number of aryl methyl sites for hydroxylation is 2. The monoisotopic (exact) mass is 380 g/mol. The van der Waals surface area contributed by atoms with E-state index in [-0.39, 0.29) is 17.7 Å². The molecule has 2 aromatic heterocycles. The second-order valence-electron chi connectivity index (χ2n) is 6.56. The lowest BCUT2D eigenvalue weighted by atomic mass is 10.1. The maximum atomic E-state index is 12.9. The zero-order valence-electron chi connectivity index (χ0n) is 15.5. The van der Waals surface area contributed by atoms with Crippen LogP contribution in [0.2, 0.25) is 0 Å². The summed E-state index contributed by atoms with van der Waals surface area (Å²) >= 11 is 0. The van der Waals surface area contributed by atoms with E-state index in [4.69, 9.17) is 4.74 Å². The van der Waals surface area contributed by atoms with Crippen LogP contribution in [0.5, 0.6) is 5.88 Å². The molecule has 1 aliphatic heterocycles. The van der Waals surface area contributed by atoms with Gasteiger partial charge >= 0.3 is 0 Å². The first-order valence-corrected chi connectivity index (χ1v) is 9.88. The summed E-state index contributed by atoms with van der Waals surface area (Å²) in [5.41, 5.74) is 0. The minimum atomic E-state index is -3.64. The summed E-state index contributed by atoms with van der Waals surface area (Å²) in [5, 5.41) is 0.0756. The van der Waals surface area contributed by atoms with Crippen LogP contribution in [0, 0.1) is 6.92 Å². The molecule has 1 saturated heterocycles. The molecule has 1 aliphatic rings. The lowest BCUT2D eigenvalue weighted by Crippen LogP contribution is -2.44. The van der Waals surface area contributed by atoms with Crippen LogP contribution < -0.4 is 9.64 Å². The van der Waals surface area contributed by atoms with E-state index in [0.717, 1.165) is 6.42 Å². The zero-order valence-corrected chi connectivity index (χ0v) is 16.3. The summed E-state index contributed by atoms with van der Waals surface area (Å²) in [6.45, 7) is 2.50. The number of hydrogen-bond acceptors (Lipinski definition) is 7. The molecule has 0 amide bonds. The molecular weight excluding hydrogens is 356 g/mol. The number of nitrogens with zero attached hydrogens (tertiary/aromatic N) is 6. The van der Waals surface area contributed by atoms with E-state index < -0.39 is 10.0 Å². The van der Waals surface area contributed by atoms with Crippen molar-refractivity contribution in [1.82, 2.24) is 23.8 Å². The van der Waals surface area contributed by atoms with Gasteiger partial charge in [0.25, 0.3) is 15.9 Å². The average molecular weight is 380 g/mol. The molecule has 0 saturated carbocycles. The first kappa shape index (κ1) is 18.6. The molecule has 142 valence electrons. The number of ether oxygens (including phenoxy) is 1. The molecule has 0 aliphatic carbocycles. The lowest BCUT2D eigenvalue weighted by Gasteiger charge is -2.31. The van der Waals surface area contributed by atoms with Gasteiger partial charge in [0.05, 0.1) is 6.54 Å². The Balaban J connectivity index is 1.77. The SMILES string of the molecule is Cc1nc(S(=O)(=O)N2CCCC(Oc3nccnc3N(C)C)C2)cn1C. The quantitative estimate of drug-likeness (QED) is 0.758. The number of anilines is 1. The minimum Gasteiger partial charge on any atom is -0.470 e. The molecule has 0 bridgehead atoms. The third-order valence-corrected chi connectivity index (χ3v) is 6.12. The van der Waals surface area contributed by atoms with Crippen molar-refractivity contribution >= 4 is 15.8 Å². The van der Waals surface area contributed by atoms with E-state index in [1.165, 1.54) is 4.31 Å². The summed E-state index contributed by atoms with van der Waals surface area (Å²) in [6, 6.07) is 0. The molecule has 10 heteroatoms. The van der Waals surface area contributed by atoms with Crippen molar-refractivity contribution in [2.75, 3.05) is 32.1 Å². The fraction of sp³-hybridized carbons (Fsp3) is 0.562. The smallest absolute Gasteiger partial charge is 0.262 e. The normalized spacial score (nSPS) is 18.7. The summed E-state index contributed by atoms with van der Waals surface area (Å²) in [5.74, 6) is 1.69. The Kier molecular flexibility index (Phi) is 5.15. The van der Waals surface area contributed by atoms with Gasteiger partial charge in [0.15, 0.2) is 10.8 Å². The Hall–Kier alpha value is -2.20. The average Bonchev–Trinajstić information content (AvgIpc) is 2.95. The summed E-state index contributed by atoms with van der Waals surface area (Å²) in [6.07, 6.45) is 5.91. The largest absolute Gasteiger partial charge is 0.470 e. The van der Waals surface area contributed by atoms with Crippen molar-refractivity contribution in [2.45, 2.75) is 30.9 Å². The van der Waals surface area contributed by atoms with Gasteiger partial charge in [0.2, 0.25) is 0 Å². The van der Waals surface area contributed by atoms with Crippen LogP contribution in [0.3, 0.4) is 0 Å². The fourth-order valence-electron chi connectivity index (χ4n) is 2.87. The van der Waals surface area contributed by atoms with Gasteiger partial charge in [-0.15, -0.1) is 0 Å². The van der Waals surface area contributed by atoms with Crippen LogP contribution in [0.1, 0.15) is 18.7 Å². The number of aromatic nitrogens is 4. The molecule has 0 N–H and O–H groups in total. The maximum Gasteiger partial charge on any atom is 0.262 e. The van der Waals surface area contributed by atoms with Crippen molar-refractivity contribution in [2.24, 2.45) is 7.05 Å². The fourth-order valence-corrected chi connectivity index (χ4v) is 4.40. The van der Waals surface area contributed by atoms with Crippen LogP contribution in [0.4, 0.5) is 5.82 Å². The van der Waals surface area contributed by atoms with Crippen molar-refractivity contribution in [3.8, 4) is 5.88 Å². The second-order valence-corrected chi connectivity index (χ2v) is 8.45. The number of imidazole rings is 1. The molecule has 0 radical (unpaired) electrons. The van der Waals surface area contributed by atoms with E-state index in [9.17, 15) is 8.42 Å². The summed E-state index contributed by atoms with van der Waals surface area (Å²) in [7, 11) is 1.86. The standard InChI is InChI=1S/C16H24N6O3S/c1-12-19-14(11-21(12)4)26(23,24)22-9-5-6-13(10-22)25-16-15(20(2)3)17-7-8-18-16/h7-8,11,13H,5-6,9-10H2,1-4H3. The number of sulfonamides is 1. The van der Waals surface area contributed by atoms with Gasteiger partial charge in [0.1, 0.15) is 11.9 Å². The van der Waals surface area contributed by atoms with Gasteiger partial charge in [0, 0.05) is 46.3 Å². The van der Waals surface area contributed by atoms with Gasteiger partial charge in [-0.3, -0.25) is 0 Å². The van der Waals surface area contributed by atoms with Crippen molar-refractivity contribution in [3.63, 3.8) is 0 Å². The van der Waals surface area contributed by atoms with Crippen molar-refractivity contribution < 1.29 is 13.2 Å². The molecule has 0 spiro atoms. The summed E-state index contributed by atoms with van der Waals surface area (Å²) < 4.78 is 34.9. The second kappa shape index (κ2) is 7.20. The van der Waals surface area contributed by atoms with Gasteiger partial charge in [-0.25, -0.2) is 23.4 Å². The van der Waals surface area contributed by atoms with Crippen LogP contribution in [0.25, 0.3) is 0 Å². The molecule has 3 rings (SSSR count). The van der Waals surface area contributed by atoms with Crippen LogP contribution >= 0.6 is 0 Å². The zero-order chi connectivity index (χ0) is 18.9. The van der Waals surface area contributed by atoms with Crippen molar-refractivity contribution in [1.29, 1.82) is 0 Å². The molecule has 1 atom stereocenters. The molecule has 1 fully saturated rings. The molecular formula is C16H24N6O3S. The Bertz CT molecular complexity index is 860. The predicted octanol–water partition coefficient (Wildman–Crippen LogP) is 0.817. The highest BCUT2D eigenvalue weighted by atomic mass is 32.2. The van der Waals surface area contributed by atoms with Gasteiger partial charge in [-0.2, -0.15) is 4.31 Å². The van der Waals surface area contributed by atoms with E-state index in [2.05, 4.69) is 15.0 Å². The molecule has 1 unspecified atom stereocenters. The van der Waals surface area contributed by atoms with Crippen LogP contribution in [-0.4, -0.2) is 65.5 Å². The Labute approximate surface area is 153 Å². The van der Waals surface area contributed by atoms with E-state index in [0.29, 0.717) is 30.5 Å². The van der Waals surface area contributed by atoms with E-state index in [1.807, 2.05) is 19.0 Å². The number of piperidine rings is 1. The Morgan fingerprint density at radius 2 is 2.00 bits per heavy atom. The first-order valence-electron chi connectivity index (χ1n) is 8.44. The van der Waals surface area contributed by atoms with Gasteiger partial charge in [-0.05, 0) is 19.8 Å². The molecule has 9 nitrogen and oxygen atoms in total. The van der Waals surface area contributed by atoms with Gasteiger partial charge in [-0.1, -0.05) is 0 Å². The molecule has 0 aromatic carbocycles. The Morgan fingerprint density at radius 1 is 1.27 bits per heavy atom. The number of rotatable bonds is 5. The first-order chi connectivity index (χ1) is 12.3. The third-order valence-electron chi connectivity index (χ3n) is 4.38. The van der Waals surface area contributed by atoms with Crippen LogP contribution in [0.15, 0.2) is 23.6 Å². The molecule has 26 heavy (non-hydrogen) atoms. The lowest BCUT2D eigenvalue weighted by molar-refractivity contribution is 0.124. The molecule has 3 heterocycles. The van der Waals surface area contributed by atoms with Crippen molar-refractivity contribution in [3.05, 3.63) is 24.4 Å². The summed E-state index contributed by atoms with van der Waals surface area (Å²) in [4.78, 5) is 14.5. The van der Waals surface area contributed by atoms with Crippen LogP contribution in [-0.2, 0) is 17.1 Å². The topological polar surface area (TPSA) is 93.4 Å². The van der Waals surface area contributed by atoms with E-state index >= 15 is 0 Å². The Morgan fingerprint density at radius 3 is 2.65 bits per heavy atom. The van der Waals surface area contributed by atoms with Gasteiger partial charge < -0.3 is 14.2 Å². The third kappa shape index (κ3) is 3.65. The highest BCUT2D eigenvalue weighted by molar-refractivity contribution is 7.89. The minimum absolute atomic E-state index is 0.0756. The maximum absolute atomic E-state index is 12.9.